The largest absolute Gasteiger partial charge is 0.465 e. The fourth-order valence-corrected chi connectivity index (χ4v) is 4.87. The lowest BCUT2D eigenvalue weighted by Crippen LogP contribution is -2.26. The number of ether oxygens (including phenoxy) is 1. The van der Waals surface area contributed by atoms with E-state index in [0.29, 0.717) is 6.61 Å². The van der Waals surface area contributed by atoms with Crippen molar-refractivity contribution in [2.24, 2.45) is 5.92 Å². The molecule has 3 aromatic carbocycles. The number of carbonyl (C=O) groups is 1. The standard InChI is InChI=1S/C26H28O2S/c1-21(2)25(27)28-19-12-20-29-26(22-13-6-3-7-14-22,23-15-8-4-9-16-23)24-17-10-5-11-18-24/h3-11,13-18,21H,12,19-20H2,1-2H3. The average molecular weight is 405 g/mol. The van der Waals surface area contributed by atoms with Crippen LogP contribution in [0.25, 0.3) is 0 Å². The molecular weight excluding hydrogens is 376 g/mol. The van der Waals surface area contributed by atoms with Crippen molar-refractivity contribution in [2.75, 3.05) is 12.4 Å². The van der Waals surface area contributed by atoms with E-state index < -0.39 is 0 Å². The quantitative estimate of drug-likeness (QED) is 0.238. The van der Waals surface area contributed by atoms with Crippen LogP contribution in [0.1, 0.15) is 37.0 Å². The smallest absolute Gasteiger partial charge is 0.308 e. The molecule has 2 nitrogen and oxygen atoms in total. The third-order valence-electron chi connectivity index (χ3n) is 4.86. The molecule has 0 fully saturated rings. The van der Waals surface area contributed by atoms with Gasteiger partial charge < -0.3 is 4.74 Å². The number of esters is 1. The first kappa shape index (κ1) is 21.2. The van der Waals surface area contributed by atoms with Crippen LogP contribution in [0.2, 0.25) is 0 Å². The van der Waals surface area contributed by atoms with Crippen LogP contribution in [-0.4, -0.2) is 18.3 Å². The molecule has 29 heavy (non-hydrogen) atoms. The second kappa shape index (κ2) is 10.3. The van der Waals surface area contributed by atoms with Crippen LogP contribution in [-0.2, 0) is 14.3 Å². The second-order valence-electron chi connectivity index (χ2n) is 7.30. The molecule has 0 bridgehead atoms. The lowest BCUT2D eigenvalue weighted by atomic mass is 9.84. The predicted molar refractivity (Wildman–Crippen MR) is 122 cm³/mol. The van der Waals surface area contributed by atoms with Crippen LogP contribution in [0, 0.1) is 5.92 Å². The first-order chi connectivity index (χ1) is 14.1. The van der Waals surface area contributed by atoms with E-state index in [1.165, 1.54) is 16.7 Å². The molecule has 0 N–H and O–H groups in total. The summed E-state index contributed by atoms with van der Waals surface area (Å²) < 4.78 is 5.07. The summed E-state index contributed by atoms with van der Waals surface area (Å²) >= 11 is 1.90. The van der Waals surface area contributed by atoms with Crippen molar-refractivity contribution in [3.63, 3.8) is 0 Å². The van der Waals surface area contributed by atoms with Crippen molar-refractivity contribution in [1.29, 1.82) is 0 Å². The van der Waals surface area contributed by atoms with E-state index in [9.17, 15) is 4.79 Å². The molecule has 0 aliphatic heterocycles. The predicted octanol–water partition coefficient (Wildman–Crippen LogP) is 6.30. The summed E-state index contributed by atoms with van der Waals surface area (Å²) in [4.78, 5) is 11.7. The van der Waals surface area contributed by atoms with Crippen molar-refractivity contribution in [2.45, 2.75) is 25.0 Å². The Hall–Kier alpha value is -2.52. The van der Waals surface area contributed by atoms with Gasteiger partial charge in [0.15, 0.2) is 0 Å². The number of carbonyl (C=O) groups excluding carboxylic acids is 1. The van der Waals surface area contributed by atoms with Gasteiger partial charge in [0.05, 0.1) is 17.3 Å². The van der Waals surface area contributed by atoms with Gasteiger partial charge >= 0.3 is 5.97 Å². The van der Waals surface area contributed by atoms with E-state index in [1.807, 2.05) is 25.6 Å². The Labute approximate surface area is 178 Å². The third-order valence-corrected chi connectivity index (χ3v) is 6.50. The zero-order valence-corrected chi connectivity index (χ0v) is 17.9. The summed E-state index contributed by atoms with van der Waals surface area (Å²) in [6.45, 7) is 4.18. The maximum Gasteiger partial charge on any atom is 0.308 e. The minimum Gasteiger partial charge on any atom is -0.465 e. The summed E-state index contributed by atoms with van der Waals surface area (Å²) in [6, 6.07) is 32.0. The molecule has 0 heterocycles. The highest BCUT2D eigenvalue weighted by Crippen LogP contribution is 2.48. The molecule has 0 amide bonds. The monoisotopic (exact) mass is 404 g/mol. The van der Waals surface area contributed by atoms with Crippen molar-refractivity contribution >= 4 is 17.7 Å². The molecule has 0 saturated carbocycles. The molecule has 0 aromatic heterocycles. The summed E-state index contributed by atoms with van der Waals surface area (Å²) in [5.41, 5.74) is 3.75. The van der Waals surface area contributed by atoms with Crippen LogP contribution in [0.5, 0.6) is 0 Å². The van der Waals surface area contributed by atoms with Gasteiger partial charge in [0, 0.05) is 0 Å². The third kappa shape index (κ3) is 5.10. The fourth-order valence-electron chi connectivity index (χ4n) is 3.39. The fraction of sp³-hybridized carbons (Fsp3) is 0.269. The van der Waals surface area contributed by atoms with Crippen LogP contribution in [0.15, 0.2) is 91.0 Å². The molecule has 0 aliphatic carbocycles. The van der Waals surface area contributed by atoms with Gasteiger partial charge in [-0.2, -0.15) is 0 Å². The molecule has 150 valence electrons. The Bertz CT molecular complexity index is 780. The molecule has 0 spiro atoms. The first-order valence-electron chi connectivity index (χ1n) is 10.1. The summed E-state index contributed by atoms with van der Waals surface area (Å²) in [5, 5.41) is 0. The number of thioether (sulfide) groups is 1. The zero-order chi connectivity index (χ0) is 20.5. The lowest BCUT2D eigenvalue weighted by Gasteiger charge is -2.35. The highest BCUT2D eigenvalue weighted by Gasteiger charge is 2.36. The Morgan fingerprint density at radius 1 is 0.793 bits per heavy atom. The Kier molecular flexibility index (Phi) is 7.54. The van der Waals surface area contributed by atoms with Gasteiger partial charge in [0.2, 0.25) is 0 Å². The van der Waals surface area contributed by atoms with E-state index in [0.717, 1.165) is 12.2 Å². The maximum atomic E-state index is 11.7. The number of benzene rings is 3. The van der Waals surface area contributed by atoms with Gasteiger partial charge in [0.25, 0.3) is 0 Å². The molecule has 0 aliphatic rings. The molecule has 0 unspecified atom stereocenters. The van der Waals surface area contributed by atoms with Crippen molar-refractivity contribution in [3.8, 4) is 0 Å². The van der Waals surface area contributed by atoms with Gasteiger partial charge in [-0.15, -0.1) is 11.8 Å². The highest BCUT2D eigenvalue weighted by molar-refractivity contribution is 8.00. The van der Waals surface area contributed by atoms with E-state index in [1.54, 1.807) is 0 Å². The minimum absolute atomic E-state index is 0.0836. The SMILES string of the molecule is CC(C)C(=O)OCCCSC(c1ccccc1)(c1ccccc1)c1ccccc1. The lowest BCUT2D eigenvalue weighted by molar-refractivity contribution is -0.147. The van der Waals surface area contributed by atoms with Gasteiger partial charge in [0.1, 0.15) is 0 Å². The summed E-state index contributed by atoms with van der Waals surface area (Å²) in [5.74, 6) is 0.666. The summed E-state index contributed by atoms with van der Waals surface area (Å²) in [7, 11) is 0. The number of rotatable bonds is 9. The zero-order valence-electron chi connectivity index (χ0n) is 17.1. The second-order valence-corrected chi connectivity index (χ2v) is 8.61. The van der Waals surface area contributed by atoms with Crippen LogP contribution >= 0.6 is 11.8 Å². The van der Waals surface area contributed by atoms with Gasteiger partial charge in [-0.3, -0.25) is 4.79 Å². The van der Waals surface area contributed by atoms with Gasteiger partial charge in [-0.1, -0.05) is 105 Å². The first-order valence-corrected chi connectivity index (χ1v) is 11.1. The van der Waals surface area contributed by atoms with Gasteiger partial charge in [-0.05, 0) is 28.9 Å². The number of hydrogen-bond donors (Lipinski definition) is 0. The topological polar surface area (TPSA) is 26.3 Å². The van der Waals surface area contributed by atoms with Gasteiger partial charge in [-0.25, -0.2) is 0 Å². The Morgan fingerprint density at radius 3 is 1.59 bits per heavy atom. The van der Waals surface area contributed by atoms with Crippen LogP contribution < -0.4 is 0 Å². The molecule has 3 rings (SSSR count). The highest BCUT2D eigenvalue weighted by atomic mass is 32.2. The summed E-state index contributed by atoms with van der Waals surface area (Å²) in [6.07, 6.45) is 0.817. The van der Waals surface area contributed by atoms with Crippen molar-refractivity contribution < 1.29 is 9.53 Å². The Balaban J connectivity index is 1.92. The van der Waals surface area contributed by atoms with Crippen molar-refractivity contribution in [1.82, 2.24) is 0 Å². The van der Waals surface area contributed by atoms with E-state index in [-0.39, 0.29) is 16.6 Å². The molecule has 3 aromatic rings. The van der Waals surface area contributed by atoms with E-state index in [2.05, 4.69) is 91.0 Å². The maximum absolute atomic E-state index is 11.7. The van der Waals surface area contributed by atoms with E-state index in [4.69, 9.17) is 4.74 Å². The van der Waals surface area contributed by atoms with Crippen LogP contribution in [0.3, 0.4) is 0 Å². The molecular formula is C26H28O2S. The molecule has 3 heteroatoms. The van der Waals surface area contributed by atoms with Crippen molar-refractivity contribution in [3.05, 3.63) is 108 Å². The normalized spacial score (nSPS) is 11.4. The minimum atomic E-state index is -0.314. The molecule has 0 radical (unpaired) electrons. The molecule has 0 atom stereocenters. The number of hydrogen-bond acceptors (Lipinski definition) is 3. The molecule has 0 saturated heterocycles. The van der Waals surface area contributed by atoms with Crippen LogP contribution in [0.4, 0.5) is 0 Å². The Morgan fingerprint density at radius 2 is 1.21 bits per heavy atom. The average Bonchev–Trinajstić information content (AvgIpc) is 2.78. The van der Waals surface area contributed by atoms with E-state index >= 15 is 0 Å².